The Balaban J connectivity index is 0.000000180. The van der Waals surface area contributed by atoms with Gasteiger partial charge in [-0.3, -0.25) is 13.2 Å². The predicted octanol–water partition coefficient (Wildman–Crippen LogP) is 2.60. The van der Waals surface area contributed by atoms with E-state index in [2.05, 4.69) is 16.5 Å². The van der Waals surface area contributed by atoms with Crippen LogP contribution < -0.4 is 15.4 Å². The standard InChI is InChI=1S/C13H16N2O.C9H15N3O3S.H2/c14-13(16)15-12-10-5-1-3-8(10)7-9-4-2-6-11(9)12;1-11-6-8(5-10-11)12(16(13)14)7-9-3-2-4-15-9;/h7H,1-6H2,(H3,14,15,16);5-6,9H,2-4,7H2,1H3,(H,13,14);1H/p-1/t;9-;/m.1./s1. The molecule has 9 nitrogen and oxygen atoms in total. The van der Waals surface area contributed by atoms with Gasteiger partial charge in [-0.05, 0) is 73.6 Å². The number of ether oxygens (including phenoxy) is 1. The minimum absolute atomic E-state index is 0. The Kier molecular flexibility index (Phi) is 7.12. The number of anilines is 2. The molecule has 1 aliphatic heterocycles. The Morgan fingerprint density at radius 3 is 2.50 bits per heavy atom. The van der Waals surface area contributed by atoms with Crippen molar-refractivity contribution < 1.29 is 19.7 Å². The number of carbonyl (C=O) groups is 1. The average Bonchev–Trinajstić information content (AvgIpc) is 3.53. The van der Waals surface area contributed by atoms with Crippen molar-refractivity contribution in [3.05, 3.63) is 40.7 Å². The van der Waals surface area contributed by atoms with Gasteiger partial charge in [0.25, 0.3) is 0 Å². The van der Waals surface area contributed by atoms with Gasteiger partial charge in [-0.2, -0.15) is 5.10 Å². The molecule has 0 saturated carbocycles. The second-order valence-corrected chi connectivity index (χ2v) is 9.38. The first kappa shape index (κ1) is 22.8. The molecule has 2 aliphatic carbocycles. The molecular formula is C22H32N5O4S-. The van der Waals surface area contributed by atoms with Crippen LogP contribution in [0.2, 0.25) is 0 Å². The van der Waals surface area contributed by atoms with Crippen LogP contribution in [0.5, 0.6) is 0 Å². The lowest BCUT2D eigenvalue weighted by atomic mass is 9.99. The molecule has 32 heavy (non-hydrogen) atoms. The van der Waals surface area contributed by atoms with Gasteiger partial charge in [0.05, 0.1) is 24.5 Å². The van der Waals surface area contributed by atoms with Crippen LogP contribution in [0.1, 0.15) is 49.4 Å². The van der Waals surface area contributed by atoms with Crippen LogP contribution in [0.25, 0.3) is 0 Å². The first-order valence-corrected chi connectivity index (χ1v) is 12.2. The molecular weight excluding hydrogens is 430 g/mol. The molecule has 0 radical (unpaired) electrons. The molecule has 10 heteroatoms. The summed E-state index contributed by atoms with van der Waals surface area (Å²) in [5.41, 5.74) is 12.4. The summed E-state index contributed by atoms with van der Waals surface area (Å²) < 4.78 is 30.5. The fraction of sp³-hybridized carbons (Fsp3) is 0.545. The van der Waals surface area contributed by atoms with Crippen LogP contribution in [0.3, 0.4) is 0 Å². The molecule has 1 aromatic heterocycles. The van der Waals surface area contributed by atoms with E-state index in [1.54, 1.807) is 17.9 Å². The summed E-state index contributed by atoms with van der Waals surface area (Å²) in [7, 11) is 1.75. The number of nitrogens with one attached hydrogen (secondary N) is 1. The maximum Gasteiger partial charge on any atom is 0.316 e. The number of nitrogens with zero attached hydrogens (tertiary/aromatic N) is 3. The third-order valence-corrected chi connectivity index (χ3v) is 6.99. The summed E-state index contributed by atoms with van der Waals surface area (Å²) in [6.45, 7) is 1.08. The summed E-state index contributed by atoms with van der Waals surface area (Å²) >= 11 is -2.29. The van der Waals surface area contributed by atoms with Gasteiger partial charge < -0.3 is 20.3 Å². The first-order chi connectivity index (χ1) is 15.4. The Bertz CT molecular complexity index is 977. The molecule has 2 atom stereocenters. The lowest BCUT2D eigenvalue weighted by molar-refractivity contribution is 0.118. The van der Waals surface area contributed by atoms with E-state index in [1.807, 2.05) is 0 Å². The monoisotopic (exact) mass is 462 g/mol. The number of benzene rings is 1. The van der Waals surface area contributed by atoms with Crippen molar-refractivity contribution in [2.75, 3.05) is 22.8 Å². The van der Waals surface area contributed by atoms with Crippen molar-refractivity contribution in [3.63, 3.8) is 0 Å². The molecule has 2 amide bonds. The predicted molar refractivity (Wildman–Crippen MR) is 124 cm³/mol. The van der Waals surface area contributed by atoms with Crippen LogP contribution in [0.4, 0.5) is 16.2 Å². The van der Waals surface area contributed by atoms with E-state index in [9.17, 15) is 13.6 Å². The lowest BCUT2D eigenvalue weighted by Gasteiger charge is -2.27. The maximum atomic E-state index is 11.1. The minimum Gasteiger partial charge on any atom is -0.755 e. The maximum absolute atomic E-state index is 11.1. The molecule has 1 aromatic carbocycles. The first-order valence-electron chi connectivity index (χ1n) is 11.1. The van der Waals surface area contributed by atoms with Crippen molar-refractivity contribution in [3.8, 4) is 0 Å². The topological polar surface area (TPSA) is 126 Å². The van der Waals surface area contributed by atoms with Gasteiger partial charge in [0, 0.05) is 38.2 Å². The second kappa shape index (κ2) is 10.0. The fourth-order valence-corrected chi connectivity index (χ4v) is 5.41. The molecule has 3 N–H and O–H groups in total. The molecule has 2 aromatic rings. The molecule has 176 valence electrons. The normalized spacial score (nSPS) is 19.6. The third kappa shape index (κ3) is 5.13. The highest BCUT2D eigenvalue weighted by atomic mass is 32.2. The van der Waals surface area contributed by atoms with Gasteiger partial charge in [-0.25, -0.2) is 4.79 Å². The van der Waals surface area contributed by atoms with Crippen molar-refractivity contribution >= 4 is 28.7 Å². The average molecular weight is 463 g/mol. The van der Waals surface area contributed by atoms with Gasteiger partial charge in [0.1, 0.15) is 0 Å². The highest BCUT2D eigenvalue weighted by Gasteiger charge is 2.24. The number of nitrogens with two attached hydrogens (primary N) is 1. The highest BCUT2D eigenvalue weighted by Crippen LogP contribution is 2.38. The molecule has 1 unspecified atom stereocenters. The fourth-order valence-electron chi connectivity index (χ4n) is 4.85. The number of urea groups is 1. The van der Waals surface area contributed by atoms with Crippen molar-refractivity contribution in [2.45, 2.75) is 57.5 Å². The quantitative estimate of drug-likeness (QED) is 0.661. The van der Waals surface area contributed by atoms with Gasteiger partial charge in [-0.1, -0.05) is 6.07 Å². The Labute approximate surface area is 192 Å². The molecule has 2 heterocycles. The largest absolute Gasteiger partial charge is 0.755 e. The molecule has 0 bridgehead atoms. The van der Waals surface area contributed by atoms with Gasteiger partial charge in [0.2, 0.25) is 0 Å². The van der Waals surface area contributed by atoms with E-state index >= 15 is 0 Å². The summed E-state index contributed by atoms with van der Waals surface area (Å²) in [4.78, 5) is 11.1. The zero-order chi connectivity index (χ0) is 22.7. The minimum atomic E-state index is -2.29. The number of carbonyl (C=O) groups excluding carboxylic acids is 1. The number of fused-ring (bicyclic) bond motifs is 2. The summed E-state index contributed by atoms with van der Waals surface area (Å²) in [6, 6.07) is 1.91. The molecule has 1 saturated heterocycles. The van der Waals surface area contributed by atoms with Gasteiger partial charge in [0.15, 0.2) is 0 Å². The Morgan fingerprint density at radius 2 is 2.00 bits per heavy atom. The molecule has 5 rings (SSSR count). The highest BCUT2D eigenvalue weighted by molar-refractivity contribution is 7.80. The van der Waals surface area contributed by atoms with Crippen molar-refractivity contribution in [2.24, 2.45) is 12.8 Å². The van der Waals surface area contributed by atoms with Gasteiger partial charge in [-0.15, -0.1) is 0 Å². The summed E-state index contributed by atoms with van der Waals surface area (Å²) in [5.74, 6) is 0. The van der Waals surface area contributed by atoms with Crippen LogP contribution >= 0.6 is 0 Å². The van der Waals surface area contributed by atoms with Crippen LogP contribution in [-0.2, 0) is 48.7 Å². The SMILES string of the molecule is Cn1cc(N(C[C@H]2CCCO2)S(=O)[O-])cn1.NC(=O)Nc1c2c(cc3c1CCC3)CCC2.[HH]. The summed E-state index contributed by atoms with van der Waals surface area (Å²) in [6.07, 6.45) is 12.0. The molecule has 3 aliphatic rings. The zero-order valence-corrected chi connectivity index (χ0v) is 19.2. The van der Waals surface area contributed by atoms with Crippen molar-refractivity contribution in [1.82, 2.24) is 9.78 Å². The zero-order valence-electron chi connectivity index (χ0n) is 18.3. The molecule has 1 fully saturated rings. The Hall–Kier alpha value is -2.43. The number of aromatic nitrogens is 2. The van der Waals surface area contributed by atoms with E-state index in [-0.39, 0.29) is 7.53 Å². The van der Waals surface area contributed by atoms with E-state index in [0.29, 0.717) is 12.2 Å². The molecule has 0 spiro atoms. The van der Waals surface area contributed by atoms with E-state index in [0.717, 1.165) is 50.8 Å². The third-order valence-electron chi connectivity index (χ3n) is 6.27. The number of rotatable bonds is 5. The van der Waals surface area contributed by atoms with E-state index < -0.39 is 17.3 Å². The van der Waals surface area contributed by atoms with Gasteiger partial charge >= 0.3 is 6.03 Å². The number of primary amides is 1. The second-order valence-electron chi connectivity index (χ2n) is 8.51. The number of hydrogen-bond acceptors (Lipinski definition) is 5. The van der Waals surface area contributed by atoms with Crippen LogP contribution in [0, 0.1) is 0 Å². The van der Waals surface area contributed by atoms with E-state index in [1.165, 1.54) is 45.6 Å². The lowest BCUT2D eigenvalue weighted by Crippen LogP contribution is -2.33. The Morgan fingerprint density at radius 1 is 1.31 bits per heavy atom. The van der Waals surface area contributed by atoms with Crippen LogP contribution in [0.15, 0.2) is 18.5 Å². The number of amides is 2. The van der Waals surface area contributed by atoms with Crippen molar-refractivity contribution in [1.29, 1.82) is 0 Å². The summed E-state index contributed by atoms with van der Waals surface area (Å²) in [5, 5.41) is 6.80. The van der Waals surface area contributed by atoms with Crippen LogP contribution in [-0.4, -0.2) is 43.8 Å². The van der Waals surface area contributed by atoms with E-state index in [4.69, 9.17) is 10.5 Å². The number of hydrogen-bond donors (Lipinski definition) is 2. The number of aryl methyl sites for hydroxylation is 3. The smallest absolute Gasteiger partial charge is 0.316 e.